The van der Waals surface area contributed by atoms with Crippen LogP contribution in [0.25, 0.3) is 0 Å². The maximum absolute atomic E-state index is 15.0. The molecular formula is C28H33FN4O3. The van der Waals surface area contributed by atoms with E-state index in [1.165, 1.54) is 12.1 Å². The third-order valence-electron chi connectivity index (χ3n) is 5.56. The van der Waals surface area contributed by atoms with Crippen molar-refractivity contribution in [1.82, 2.24) is 15.1 Å². The molecule has 4 rings (SSSR count). The molecule has 0 radical (unpaired) electrons. The van der Waals surface area contributed by atoms with E-state index in [-0.39, 0.29) is 12.1 Å². The number of hydrogen-bond acceptors (Lipinski definition) is 6. The maximum Gasteiger partial charge on any atom is 0.261 e. The summed E-state index contributed by atoms with van der Waals surface area (Å²) in [5.41, 5.74) is 2.28. The summed E-state index contributed by atoms with van der Waals surface area (Å²) in [5.74, 6) is 0.262. The molecule has 8 heteroatoms. The SMILES string of the molecule is C=CCCCOc1ccc(C(=O)N2CC(=C)N(Cc3nnc(C)o3)Cc3ccccc32)c(F)c1.CC. The molecule has 0 saturated carbocycles. The first kappa shape index (κ1) is 26.7. The number of nitrogens with zero attached hydrogens (tertiary/aromatic N) is 4. The van der Waals surface area contributed by atoms with Crippen LogP contribution in [0.5, 0.6) is 5.75 Å². The minimum atomic E-state index is -0.628. The molecule has 0 N–H and O–H groups in total. The monoisotopic (exact) mass is 492 g/mol. The number of rotatable bonds is 8. The van der Waals surface area contributed by atoms with Gasteiger partial charge in [-0.25, -0.2) is 4.39 Å². The smallest absolute Gasteiger partial charge is 0.261 e. The van der Waals surface area contributed by atoms with Crippen LogP contribution >= 0.6 is 0 Å². The number of allylic oxidation sites excluding steroid dienone is 1. The summed E-state index contributed by atoms with van der Waals surface area (Å²) in [4.78, 5) is 17.0. The summed E-state index contributed by atoms with van der Waals surface area (Å²) in [6, 6.07) is 11.9. The lowest BCUT2D eigenvalue weighted by Crippen LogP contribution is -2.35. The second-order valence-electron chi connectivity index (χ2n) is 8.08. The average Bonchev–Trinajstić information content (AvgIpc) is 3.24. The van der Waals surface area contributed by atoms with E-state index in [1.807, 2.05) is 49.1 Å². The fourth-order valence-corrected chi connectivity index (χ4v) is 3.83. The van der Waals surface area contributed by atoms with Gasteiger partial charge in [0.15, 0.2) is 0 Å². The van der Waals surface area contributed by atoms with E-state index in [0.717, 1.165) is 18.4 Å². The predicted molar refractivity (Wildman–Crippen MR) is 138 cm³/mol. The van der Waals surface area contributed by atoms with Crippen molar-refractivity contribution in [3.63, 3.8) is 0 Å². The highest BCUT2D eigenvalue weighted by atomic mass is 19.1. The Hall–Kier alpha value is -3.94. The van der Waals surface area contributed by atoms with Crippen LogP contribution in [0.15, 0.2) is 71.8 Å². The molecule has 0 saturated heterocycles. The molecule has 1 aromatic heterocycles. The summed E-state index contributed by atoms with van der Waals surface area (Å²) in [6.07, 6.45) is 3.42. The van der Waals surface area contributed by atoms with Crippen molar-refractivity contribution in [2.75, 3.05) is 18.1 Å². The predicted octanol–water partition coefficient (Wildman–Crippen LogP) is 6.06. The zero-order valence-electron chi connectivity index (χ0n) is 21.2. The number of aryl methyl sites for hydroxylation is 1. The van der Waals surface area contributed by atoms with Crippen molar-refractivity contribution in [2.45, 2.75) is 46.7 Å². The number of amides is 1. The quantitative estimate of drug-likeness (QED) is 0.281. The Morgan fingerprint density at radius 2 is 1.97 bits per heavy atom. The van der Waals surface area contributed by atoms with Crippen LogP contribution in [0.1, 0.15) is 54.4 Å². The van der Waals surface area contributed by atoms with E-state index >= 15 is 0 Å². The Kier molecular flexibility index (Phi) is 9.39. The van der Waals surface area contributed by atoms with E-state index in [9.17, 15) is 9.18 Å². The minimum absolute atomic E-state index is 0.0259. The van der Waals surface area contributed by atoms with Crippen LogP contribution < -0.4 is 9.64 Å². The molecule has 1 aliphatic rings. The average molecular weight is 493 g/mol. The van der Waals surface area contributed by atoms with Crippen LogP contribution in [0.4, 0.5) is 10.1 Å². The van der Waals surface area contributed by atoms with E-state index in [1.54, 1.807) is 17.9 Å². The van der Waals surface area contributed by atoms with E-state index < -0.39 is 11.7 Å². The van der Waals surface area contributed by atoms with Gasteiger partial charge in [0.2, 0.25) is 11.8 Å². The van der Waals surface area contributed by atoms with Gasteiger partial charge in [0, 0.05) is 30.9 Å². The maximum atomic E-state index is 15.0. The minimum Gasteiger partial charge on any atom is -0.493 e. The van der Waals surface area contributed by atoms with Crippen molar-refractivity contribution in [3.05, 3.63) is 96.1 Å². The van der Waals surface area contributed by atoms with E-state index in [2.05, 4.69) is 23.4 Å². The number of hydrogen-bond donors (Lipinski definition) is 0. The largest absolute Gasteiger partial charge is 0.493 e. The number of para-hydroxylation sites is 1. The van der Waals surface area contributed by atoms with E-state index in [0.29, 0.717) is 48.6 Å². The number of ether oxygens (including phenoxy) is 1. The highest BCUT2D eigenvalue weighted by molar-refractivity contribution is 6.07. The number of carbonyl (C=O) groups excluding carboxylic acids is 1. The Balaban J connectivity index is 0.00000176. The molecule has 0 spiro atoms. The van der Waals surface area contributed by atoms with Crippen LogP contribution in [-0.2, 0) is 13.1 Å². The van der Waals surface area contributed by atoms with Gasteiger partial charge in [0.1, 0.15) is 11.6 Å². The summed E-state index contributed by atoms with van der Waals surface area (Å²) in [6.45, 7) is 15.1. The van der Waals surface area contributed by atoms with Crippen molar-refractivity contribution in [3.8, 4) is 5.75 Å². The zero-order valence-corrected chi connectivity index (χ0v) is 21.2. The highest BCUT2D eigenvalue weighted by Crippen LogP contribution is 2.31. The number of carbonyl (C=O) groups is 1. The fourth-order valence-electron chi connectivity index (χ4n) is 3.83. The van der Waals surface area contributed by atoms with Gasteiger partial charge in [-0.15, -0.1) is 16.8 Å². The summed E-state index contributed by atoms with van der Waals surface area (Å²) >= 11 is 0. The molecule has 2 heterocycles. The van der Waals surface area contributed by atoms with Gasteiger partial charge in [0.05, 0.1) is 25.3 Å². The summed E-state index contributed by atoms with van der Waals surface area (Å²) in [5, 5.41) is 7.95. The van der Waals surface area contributed by atoms with Gasteiger partial charge in [-0.05, 0) is 36.6 Å². The standard InChI is InChI=1S/C26H27FN4O3.C2H6/c1-4-5-8-13-33-21-11-12-22(23(27)14-21)26(32)31-15-18(2)30(17-25-29-28-19(3)34-25)16-20-9-6-7-10-24(20)31;1-2/h4,6-7,9-12,14H,1-2,5,8,13,15-17H2,3H3;1-2H3. The van der Waals surface area contributed by atoms with Crippen LogP contribution in [0.2, 0.25) is 0 Å². The van der Waals surface area contributed by atoms with Gasteiger partial charge in [-0.3, -0.25) is 4.79 Å². The number of halogens is 1. The third-order valence-corrected chi connectivity index (χ3v) is 5.56. The topological polar surface area (TPSA) is 71.7 Å². The molecule has 0 aliphatic carbocycles. The number of aromatic nitrogens is 2. The molecule has 7 nitrogen and oxygen atoms in total. The first-order chi connectivity index (χ1) is 17.5. The first-order valence-electron chi connectivity index (χ1n) is 12.1. The lowest BCUT2D eigenvalue weighted by molar-refractivity contribution is 0.0984. The van der Waals surface area contributed by atoms with Crippen LogP contribution in [0, 0.1) is 12.7 Å². The van der Waals surface area contributed by atoms with Gasteiger partial charge in [-0.1, -0.05) is 44.7 Å². The van der Waals surface area contributed by atoms with Crippen LogP contribution in [0.3, 0.4) is 0 Å². The Bertz CT molecular complexity index is 1210. The lowest BCUT2D eigenvalue weighted by atomic mass is 10.1. The van der Waals surface area contributed by atoms with Gasteiger partial charge < -0.3 is 19.0 Å². The molecular weight excluding hydrogens is 459 g/mol. The number of anilines is 1. The summed E-state index contributed by atoms with van der Waals surface area (Å²) < 4.78 is 26.1. The normalized spacial score (nSPS) is 12.8. The Morgan fingerprint density at radius 1 is 1.19 bits per heavy atom. The number of unbranched alkanes of at least 4 members (excludes halogenated alkanes) is 1. The van der Waals surface area contributed by atoms with Gasteiger partial charge in [0.25, 0.3) is 5.91 Å². The Labute approximate surface area is 211 Å². The number of benzene rings is 2. The molecule has 0 atom stereocenters. The third kappa shape index (κ3) is 6.38. The fraction of sp³-hybridized carbons (Fsp3) is 0.321. The first-order valence-corrected chi connectivity index (χ1v) is 12.1. The molecule has 1 amide bonds. The molecule has 190 valence electrons. The molecule has 2 aromatic carbocycles. The van der Waals surface area contributed by atoms with E-state index in [4.69, 9.17) is 9.15 Å². The molecule has 0 bridgehead atoms. The Morgan fingerprint density at radius 3 is 2.67 bits per heavy atom. The van der Waals surface area contributed by atoms with Crippen molar-refractivity contribution in [1.29, 1.82) is 0 Å². The van der Waals surface area contributed by atoms with Crippen molar-refractivity contribution in [2.24, 2.45) is 0 Å². The van der Waals surface area contributed by atoms with Gasteiger partial charge >= 0.3 is 0 Å². The molecule has 36 heavy (non-hydrogen) atoms. The van der Waals surface area contributed by atoms with Crippen LogP contribution in [-0.4, -0.2) is 34.2 Å². The number of fused-ring (bicyclic) bond motifs is 1. The molecule has 1 aliphatic heterocycles. The highest BCUT2D eigenvalue weighted by Gasteiger charge is 2.29. The second kappa shape index (κ2) is 12.7. The molecule has 3 aromatic rings. The lowest BCUT2D eigenvalue weighted by Gasteiger charge is -2.25. The molecule has 0 unspecified atom stereocenters. The van der Waals surface area contributed by atoms with Crippen molar-refractivity contribution >= 4 is 11.6 Å². The van der Waals surface area contributed by atoms with Crippen molar-refractivity contribution < 1.29 is 18.3 Å². The zero-order chi connectivity index (χ0) is 26.1. The molecule has 0 fully saturated rings. The van der Waals surface area contributed by atoms with Gasteiger partial charge in [-0.2, -0.15) is 0 Å². The second-order valence-corrected chi connectivity index (χ2v) is 8.08. The summed E-state index contributed by atoms with van der Waals surface area (Å²) in [7, 11) is 0.